The Morgan fingerprint density at radius 3 is 2.75 bits per heavy atom. The summed E-state index contributed by atoms with van der Waals surface area (Å²) < 4.78 is 15.3. The monoisotopic (exact) mass is 275 g/mol. The fourth-order valence-corrected chi connectivity index (χ4v) is 2.23. The highest BCUT2D eigenvalue weighted by atomic mass is 19.1. The molecule has 0 unspecified atom stereocenters. The van der Waals surface area contributed by atoms with Crippen LogP contribution in [0.2, 0.25) is 0 Å². The van der Waals surface area contributed by atoms with Gasteiger partial charge in [-0.05, 0) is 31.0 Å². The van der Waals surface area contributed by atoms with Gasteiger partial charge in [-0.1, -0.05) is 0 Å². The van der Waals surface area contributed by atoms with E-state index >= 15 is 0 Å². The topological polar surface area (TPSA) is 63.1 Å². The first kappa shape index (κ1) is 12.6. The molecule has 1 fully saturated rings. The highest BCUT2D eigenvalue weighted by molar-refractivity contribution is 5.89. The zero-order valence-corrected chi connectivity index (χ0v) is 10.8. The summed E-state index contributed by atoms with van der Waals surface area (Å²) >= 11 is 0. The lowest BCUT2D eigenvalue weighted by molar-refractivity contribution is 0.222. The Labute approximate surface area is 115 Å². The van der Waals surface area contributed by atoms with Crippen LogP contribution in [0.1, 0.15) is 12.8 Å². The molecule has 0 radical (unpaired) electrons. The van der Waals surface area contributed by atoms with Crippen LogP contribution in [0, 0.1) is 5.82 Å². The molecule has 1 aromatic heterocycles. The van der Waals surface area contributed by atoms with Gasteiger partial charge in [0.25, 0.3) is 0 Å². The van der Waals surface area contributed by atoms with E-state index in [1.807, 2.05) is 0 Å². The Hall–Kier alpha value is -2.44. The molecule has 1 saturated heterocycles. The molecule has 0 spiro atoms. The minimum absolute atomic E-state index is 0.185. The number of nitrogens with zero attached hydrogens (tertiary/aromatic N) is 4. The molecule has 1 aliphatic rings. The van der Waals surface area contributed by atoms with E-state index in [1.54, 1.807) is 17.0 Å². The van der Waals surface area contributed by atoms with Gasteiger partial charge in [0.05, 0.1) is 0 Å². The number of rotatable bonds is 2. The van der Waals surface area contributed by atoms with Crippen molar-refractivity contribution >= 4 is 11.7 Å². The maximum absolute atomic E-state index is 14.0. The van der Waals surface area contributed by atoms with Gasteiger partial charge in [0.15, 0.2) is 5.82 Å². The number of hydrogen-bond acceptors (Lipinski definition) is 3. The molecule has 0 aliphatic carbocycles. The summed E-state index contributed by atoms with van der Waals surface area (Å²) in [6.45, 7) is 1.51. The number of likely N-dealkylation sites (tertiary alicyclic amines) is 1. The Bertz CT molecular complexity index is 607. The Balaban J connectivity index is 1.75. The zero-order valence-electron chi connectivity index (χ0n) is 10.8. The second-order valence-corrected chi connectivity index (χ2v) is 4.63. The first-order chi connectivity index (χ1) is 9.74. The smallest absolute Gasteiger partial charge is 0.321 e. The van der Waals surface area contributed by atoms with Crippen LogP contribution in [0.5, 0.6) is 0 Å². The lowest BCUT2D eigenvalue weighted by atomic mass is 10.2. The summed E-state index contributed by atoms with van der Waals surface area (Å²) in [5.74, 6) is -0.463. The number of urea groups is 1. The second kappa shape index (κ2) is 5.28. The van der Waals surface area contributed by atoms with E-state index in [0.717, 1.165) is 25.9 Å². The molecule has 0 bridgehead atoms. The maximum atomic E-state index is 14.0. The van der Waals surface area contributed by atoms with Gasteiger partial charge in [0.2, 0.25) is 0 Å². The minimum Gasteiger partial charge on any atom is -0.325 e. The molecule has 2 aromatic rings. The van der Waals surface area contributed by atoms with Crippen molar-refractivity contribution in [2.24, 2.45) is 0 Å². The van der Waals surface area contributed by atoms with E-state index in [1.165, 1.54) is 23.4 Å². The van der Waals surface area contributed by atoms with Gasteiger partial charge in [0.1, 0.15) is 18.3 Å². The molecule has 6 nitrogen and oxygen atoms in total. The number of hydrogen-bond donors (Lipinski definition) is 1. The summed E-state index contributed by atoms with van der Waals surface area (Å²) in [7, 11) is 0. The standard InChI is InChI=1S/C13H14FN5O/c14-11-7-10(17-13(20)18-5-1-2-6-18)3-4-12(11)19-9-15-8-16-19/h3-4,7-9H,1-2,5-6H2,(H,17,20). The molecule has 1 aromatic carbocycles. The third-order valence-corrected chi connectivity index (χ3v) is 3.26. The van der Waals surface area contributed by atoms with Crippen molar-refractivity contribution in [1.82, 2.24) is 19.7 Å². The largest absolute Gasteiger partial charge is 0.325 e. The second-order valence-electron chi connectivity index (χ2n) is 4.63. The van der Waals surface area contributed by atoms with Crippen LogP contribution >= 0.6 is 0 Å². The van der Waals surface area contributed by atoms with Crippen LogP contribution in [0.4, 0.5) is 14.9 Å². The summed E-state index contributed by atoms with van der Waals surface area (Å²) in [5, 5.41) is 6.57. The third kappa shape index (κ3) is 2.47. The molecule has 1 aliphatic heterocycles. The van der Waals surface area contributed by atoms with Crippen LogP contribution in [0.25, 0.3) is 5.69 Å². The minimum atomic E-state index is -0.463. The number of anilines is 1. The molecule has 7 heteroatoms. The van der Waals surface area contributed by atoms with E-state index < -0.39 is 5.82 Å². The number of aromatic nitrogens is 3. The van der Waals surface area contributed by atoms with Crippen LogP contribution in [-0.2, 0) is 0 Å². The average molecular weight is 275 g/mol. The van der Waals surface area contributed by atoms with Crippen LogP contribution in [0.3, 0.4) is 0 Å². The number of halogens is 1. The van der Waals surface area contributed by atoms with Crippen molar-refractivity contribution in [1.29, 1.82) is 0 Å². The molecule has 104 valence electrons. The van der Waals surface area contributed by atoms with E-state index in [0.29, 0.717) is 11.4 Å². The van der Waals surface area contributed by atoms with Crippen molar-refractivity contribution in [2.45, 2.75) is 12.8 Å². The molecule has 0 atom stereocenters. The fourth-order valence-electron chi connectivity index (χ4n) is 2.23. The van der Waals surface area contributed by atoms with Gasteiger partial charge in [0, 0.05) is 18.8 Å². The van der Waals surface area contributed by atoms with Crippen molar-refractivity contribution in [3.63, 3.8) is 0 Å². The molecule has 20 heavy (non-hydrogen) atoms. The number of amides is 2. The normalized spacial score (nSPS) is 14.6. The summed E-state index contributed by atoms with van der Waals surface area (Å²) in [6.07, 6.45) is 4.80. The van der Waals surface area contributed by atoms with Gasteiger partial charge in [-0.3, -0.25) is 0 Å². The summed E-state index contributed by atoms with van der Waals surface area (Å²) in [5.41, 5.74) is 0.727. The Kier molecular flexibility index (Phi) is 3.32. The SMILES string of the molecule is O=C(Nc1ccc(-n2cncn2)c(F)c1)N1CCCC1. The molecule has 1 N–H and O–H groups in total. The first-order valence-electron chi connectivity index (χ1n) is 6.44. The van der Waals surface area contributed by atoms with Crippen molar-refractivity contribution < 1.29 is 9.18 Å². The molecule has 3 rings (SSSR count). The highest BCUT2D eigenvalue weighted by Gasteiger charge is 2.18. The summed E-state index contributed by atoms with van der Waals surface area (Å²) in [4.78, 5) is 17.4. The van der Waals surface area contributed by atoms with Gasteiger partial charge in [-0.25, -0.2) is 18.9 Å². The molecule has 2 heterocycles. The van der Waals surface area contributed by atoms with E-state index in [9.17, 15) is 9.18 Å². The fraction of sp³-hybridized carbons (Fsp3) is 0.308. The van der Waals surface area contributed by atoms with Crippen LogP contribution < -0.4 is 5.32 Å². The highest BCUT2D eigenvalue weighted by Crippen LogP contribution is 2.18. The maximum Gasteiger partial charge on any atom is 0.321 e. The zero-order chi connectivity index (χ0) is 13.9. The lowest BCUT2D eigenvalue weighted by Crippen LogP contribution is -2.32. The summed E-state index contributed by atoms with van der Waals surface area (Å²) in [6, 6.07) is 4.30. The number of benzene rings is 1. The number of nitrogens with one attached hydrogen (secondary N) is 1. The average Bonchev–Trinajstić information content (AvgIpc) is 3.12. The van der Waals surface area contributed by atoms with E-state index in [4.69, 9.17) is 0 Å². The molecular formula is C13H14FN5O. The quantitative estimate of drug-likeness (QED) is 0.912. The molecular weight excluding hydrogens is 261 g/mol. The van der Waals surface area contributed by atoms with Crippen molar-refractivity contribution in [2.75, 3.05) is 18.4 Å². The van der Waals surface area contributed by atoms with Gasteiger partial charge in [-0.15, -0.1) is 0 Å². The molecule has 2 amide bonds. The van der Waals surface area contributed by atoms with Gasteiger partial charge in [-0.2, -0.15) is 5.10 Å². The van der Waals surface area contributed by atoms with Crippen molar-refractivity contribution in [3.8, 4) is 5.69 Å². The third-order valence-electron chi connectivity index (χ3n) is 3.26. The predicted octanol–water partition coefficient (Wildman–Crippen LogP) is 2.03. The molecule has 0 saturated carbocycles. The lowest BCUT2D eigenvalue weighted by Gasteiger charge is -2.16. The van der Waals surface area contributed by atoms with Crippen LogP contribution in [-0.4, -0.2) is 38.8 Å². The Morgan fingerprint density at radius 2 is 2.10 bits per heavy atom. The number of carbonyl (C=O) groups is 1. The van der Waals surface area contributed by atoms with Gasteiger partial charge < -0.3 is 10.2 Å². The van der Waals surface area contributed by atoms with Crippen molar-refractivity contribution in [3.05, 3.63) is 36.7 Å². The number of carbonyl (C=O) groups excluding carboxylic acids is 1. The van der Waals surface area contributed by atoms with E-state index in [2.05, 4.69) is 15.4 Å². The first-order valence-corrected chi connectivity index (χ1v) is 6.44. The predicted molar refractivity (Wildman–Crippen MR) is 71.1 cm³/mol. The van der Waals surface area contributed by atoms with E-state index in [-0.39, 0.29) is 6.03 Å². The Morgan fingerprint density at radius 1 is 1.30 bits per heavy atom. The van der Waals surface area contributed by atoms with Crippen LogP contribution in [0.15, 0.2) is 30.9 Å². The van der Waals surface area contributed by atoms with Gasteiger partial charge >= 0.3 is 6.03 Å².